The van der Waals surface area contributed by atoms with Crippen LogP contribution in [0.2, 0.25) is 0 Å². The van der Waals surface area contributed by atoms with Crippen molar-refractivity contribution in [3.05, 3.63) is 95.1 Å². The zero-order valence-corrected chi connectivity index (χ0v) is 15.6. The van der Waals surface area contributed by atoms with Gasteiger partial charge in [-0.15, -0.1) is 0 Å². The van der Waals surface area contributed by atoms with Crippen molar-refractivity contribution in [3.63, 3.8) is 0 Å². The Morgan fingerprint density at radius 1 is 1.07 bits per heavy atom. The van der Waals surface area contributed by atoms with Crippen molar-refractivity contribution < 1.29 is 9.18 Å². The van der Waals surface area contributed by atoms with Crippen LogP contribution in [0.25, 0.3) is 0 Å². The maximum atomic E-state index is 13.7. The first-order valence-corrected chi connectivity index (χ1v) is 9.49. The minimum absolute atomic E-state index is 0.0141. The monoisotopic (exact) mass is 375 g/mol. The van der Waals surface area contributed by atoms with E-state index < -0.39 is 0 Å². The number of amides is 1. The predicted octanol–water partition coefficient (Wildman–Crippen LogP) is 4.07. The zero-order chi connectivity index (χ0) is 19.3. The van der Waals surface area contributed by atoms with Crippen LogP contribution in [0.4, 0.5) is 10.1 Å². The lowest BCUT2D eigenvalue weighted by molar-refractivity contribution is 0.0734. The lowest BCUT2D eigenvalue weighted by atomic mass is 9.99. The minimum atomic E-state index is -0.197. The summed E-state index contributed by atoms with van der Waals surface area (Å²) in [7, 11) is 0. The summed E-state index contributed by atoms with van der Waals surface area (Å²) in [5.41, 5.74) is 4.51. The van der Waals surface area contributed by atoms with E-state index in [9.17, 15) is 9.18 Å². The molecule has 0 aliphatic carbocycles. The van der Waals surface area contributed by atoms with Gasteiger partial charge in [-0.1, -0.05) is 42.5 Å². The third-order valence-electron chi connectivity index (χ3n) is 5.08. The number of halogens is 1. The van der Waals surface area contributed by atoms with Crippen LogP contribution in [-0.4, -0.2) is 28.9 Å². The van der Waals surface area contributed by atoms with Crippen LogP contribution in [0.5, 0.6) is 0 Å². The molecule has 2 heterocycles. The summed E-state index contributed by atoms with van der Waals surface area (Å²) in [4.78, 5) is 19.0. The van der Waals surface area contributed by atoms with E-state index >= 15 is 0 Å². The number of pyridine rings is 1. The van der Waals surface area contributed by atoms with Gasteiger partial charge < -0.3 is 10.2 Å². The van der Waals surface area contributed by atoms with E-state index in [-0.39, 0.29) is 11.7 Å². The smallest absolute Gasteiger partial charge is 0.255 e. The Morgan fingerprint density at radius 3 is 2.71 bits per heavy atom. The standard InChI is InChI=1S/C23H22FN3O/c24-22-8-4-3-6-18(22)9-11-26-21-13-20(14-25-15-21)23(28)27-12-10-17-5-1-2-7-19(17)16-27/h1-8,13-15,26H,9-12,16H2. The Kier molecular flexibility index (Phi) is 5.33. The molecule has 4 rings (SSSR count). The normalized spacial score (nSPS) is 13.1. The van der Waals surface area contributed by atoms with Gasteiger partial charge in [-0.05, 0) is 41.7 Å². The highest BCUT2D eigenvalue weighted by Crippen LogP contribution is 2.21. The Morgan fingerprint density at radius 2 is 1.86 bits per heavy atom. The molecular weight excluding hydrogens is 353 g/mol. The van der Waals surface area contributed by atoms with Crippen molar-refractivity contribution in [2.45, 2.75) is 19.4 Å². The van der Waals surface area contributed by atoms with Gasteiger partial charge in [0.25, 0.3) is 5.91 Å². The third-order valence-corrected chi connectivity index (χ3v) is 5.08. The molecule has 3 aromatic rings. The SMILES string of the molecule is O=C(c1cncc(NCCc2ccccc2F)c1)N1CCc2ccccc2C1. The van der Waals surface area contributed by atoms with Crippen molar-refractivity contribution in [1.29, 1.82) is 0 Å². The molecule has 28 heavy (non-hydrogen) atoms. The molecule has 1 N–H and O–H groups in total. The number of hydrogen-bond acceptors (Lipinski definition) is 3. The lowest BCUT2D eigenvalue weighted by Crippen LogP contribution is -2.36. The summed E-state index contributed by atoms with van der Waals surface area (Å²) >= 11 is 0. The summed E-state index contributed by atoms with van der Waals surface area (Å²) < 4.78 is 13.7. The highest BCUT2D eigenvalue weighted by molar-refractivity contribution is 5.94. The predicted molar refractivity (Wildman–Crippen MR) is 108 cm³/mol. The second-order valence-electron chi connectivity index (χ2n) is 6.98. The molecule has 0 atom stereocenters. The van der Waals surface area contributed by atoms with E-state index in [1.807, 2.05) is 29.2 Å². The van der Waals surface area contributed by atoms with Crippen LogP contribution >= 0.6 is 0 Å². The molecule has 1 amide bonds. The molecule has 0 fully saturated rings. The maximum Gasteiger partial charge on any atom is 0.255 e. The van der Waals surface area contributed by atoms with Gasteiger partial charge in [0.05, 0.1) is 11.3 Å². The number of benzene rings is 2. The number of nitrogens with one attached hydrogen (secondary N) is 1. The molecule has 0 spiro atoms. The summed E-state index contributed by atoms with van der Waals surface area (Å²) in [5.74, 6) is -0.212. The summed E-state index contributed by atoms with van der Waals surface area (Å²) in [6.07, 6.45) is 4.72. The highest BCUT2D eigenvalue weighted by Gasteiger charge is 2.21. The van der Waals surface area contributed by atoms with Gasteiger partial charge in [0.2, 0.25) is 0 Å². The molecule has 5 heteroatoms. The van der Waals surface area contributed by atoms with Gasteiger partial charge >= 0.3 is 0 Å². The van der Waals surface area contributed by atoms with Crippen molar-refractivity contribution in [3.8, 4) is 0 Å². The molecular formula is C23H22FN3O. The Bertz CT molecular complexity index is 989. The molecule has 0 saturated heterocycles. The second kappa shape index (κ2) is 8.21. The Hall–Kier alpha value is -3.21. The van der Waals surface area contributed by atoms with Crippen LogP contribution in [0.1, 0.15) is 27.0 Å². The largest absolute Gasteiger partial charge is 0.383 e. The number of aromatic nitrogens is 1. The molecule has 142 valence electrons. The number of hydrogen-bond donors (Lipinski definition) is 1. The summed E-state index contributed by atoms with van der Waals surface area (Å²) in [6, 6.07) is 16.8. The Balaban J connectivity index is 1.39. The van der Waals surface area contributed by atoms with Gasteiger partial charge in [-0.3, -0.25) is 9.78 Å². The topological polar surface area (TPSA) is 45.2 Å². The van der Waals surface area contributed by atoms with Gasteiger partial charge in [0.1, 0.15) is 5.82 Å². The van der Waals surface area contributed by atoms with Crippen LogP contribution in [0.3, 0.4) is 0 Å². The summed E-state index contributed by atoms with van der Waals surface area (Å²) in [5, 5.41) is 3.23. The number of fused-ring (bicyclic) bond motifs is 1. The van der Waals surface area contributed by atoms with E-state index in [0.29, 0.717) is 37.2 Å². The number of nitrogens with zero attached hydrogens (tertiary/aromatic N) is 2. The molecule has 1 aliphatic heterocycles. The van der Waals surface area contributed by atoms with Crippen LogP contribution < -0.4 is 5.32 Å². The van der Waals surface area contributed by atoms with Crippen molar-refractivity contribution >= 4 is 11.6 Å². The van der Waals surface area contributed by atoms with Crippen molar-refractivity contribution in [2.75, 3.05) is 18.4 Å². The first-order chi connectivity index (χ1) is 13.7. The van der Waals surface area contributed by atoms with Gasteiger partial charge in [0, 0.05) is 32.0 Å². The fourth-order valence-electron chi connectivity index (χ4n) is 3.55. The average molecular weight is 375 g/mol. The van der Waals surface area contributed by atoms with E-state index in [4.69, 9.17) is 0 Å². The molecule has 1 aliphatic rings. The number of rotatable bonds is 5. The Labute approximate surface area is 164 Å². The highest BCUT2D eigenvalue weighted by atomic mass is 19.1. The fraction of sp³-hybridized carbons (Fsp3) is 0.217. The van der Waals surface area contributed by atoms with Gasteiger partial charge in [-0.25, -0.2) is 4.39 Å². The quantitative estimate of drug-likeness (QED) is 0.731. The number of carbonyl (C=O) groups is 1. The molecule has 2 aromatic carbocycles. The van der Waals surface area contributed by atoms with Gasteiger partial charge in [0.15, 0.2) is 0 Å². The van der Waals surface area contributed by atoms with Crippen LogP contribution in [-0.2, 0) is 19.4 Å². The second-order valence-corrected chi connectivity index (χ2v) is 6.98. The molecule has 0 saturated carbocycles. The third kappa shape index (κ3) is 4.03. The first kappa shape index (κ1) is 18.2. The van der Waals surface area contributed by atoms with E-state index in [1.54, 1.807) is 24.5 Å². The molecule has 4 nitrogen and oxygen atoms in total. The average Bonchev–Trinajstić information content (AvgIpc) is 2.74. The van der Waals surface area contributed by atoms with E-state index in [2.05, 4.69) is 22.4 Å². The molecule has 0 unspecified atom stereocenters. The number of carbonyl (C=O) groups excluding carboxylic acids is 1. The van der Waals surface area contributed by atoms with Crippen LogP contribution in [0.15, 0.2) is 67.0 Å². The molecule has 1 aromatic heterocycles. The number of anilines is 1. The summed E-state index contributed by atoms with van der Waals surface area (Å²) in [6.45, 7) is 1.90. The molecule has 0 radical (unpaired) electrons. The zero-order valence-electron chi connectivity index (χ0n) is 15.6. The van der Waals surface area contributed by atoms with E-state index in [0.717, 1.165) is 12.1 Å². The van der Waals surface area contributed by atoms with Gasteiger partial charge in [-0.2, -0.15) is 0 Å². The molecule has 0 bridgehead atoms. The van der Waals surface area contributed by atoms with Crippen molar-refractivity contribution in [2.24, 2.45) is 0 Å². The van der Waals surface area contributed by atoms with Crippen molar-refractivity contribution in [1.82, 2.24) is 9.88 Å². The van der Waals surface area contributed by atoms with E-state index in [1.165, 1.54) is 17.2 Å². The fourth-order valence-corrected chi connectivity index (χ4v) is 3.55. The maximum absolute atomic E-state index is 13.7. The minimum Gasteiger partial charge on any atom is -0.383 e. The van der Waals surface area contributed by atoms with Crippen LogP contribution in [0, 0.1) is 5.82 Å². The lowest BCUT2D eigenvalue weighted by Gasteiger charge is -2.29. The first-order valence-electron chi connectivity index (χ1n) is 9.49.